The highest BCUT2D eigenvalue weighted by molar-refractivity contribution is 6.34. The van der Waals surface area contributed by atoms with Crippen LogP contribution < -0.4 is 5.46 Å². The quantitative estimate of drug-likeness (QED) is 0.414. The summed E-state index contributed by atoms with van der Waals surface area (Å²) in [5.74, 6) is 0. The van der Waals surface area contributed by atoms with Gasteiger partial charge in [-0.1, -0.05) is 60.1 Å². The molecule has 0 aromatic heterocycles. The summed E-state index contributed by atoms with van der Waals surface area (Å²) >= 11 is 0. The molecule has 1 aliphatic rings. The van der Waals surface area contributed by atoms with Gasteiger partial charge in [0.25, 0.3) is 0 Å². The molecule has 0 bridgehead atoms. The zero-order chi connectivity index (χ0) is 12.8. The highest BCUT2D eigenvalue weighted by Crippen LogP contribution is 2.35. The van der Waals surface area contributed by atoms with Crippen LogP contribution in [0.5, 0.6) is 0 Å². The van der Waals surface area contributed by atoms with E-state index in [9.17, 15) is 0 Å². The molecular weight excluding hydrogens is 227 g/mol. The molecule has 0 heterocycles. The van der Waals surface area contributed by atoms with Gasteiger partial charge in [0.2, 0.25) is 0 Å². The van der Waals surface area contributed by atoms with Crippen LogP contribution in [0.1, 0.15) is 17.5 Å². The van der Waals surface area contributed by atoms with E-state index < -0.39 is 0 Å². The standard InChI is InChI=1S/C18H13B/c19-12-9-10-17-15-7-2-1-5-13(15)14-6-3-4-8-16(14)18(17)11-12/h2-4,6-11H,1,5H2. The lowest BCUT2D eigenvalue weighted by Gasteiger charge is -2.18. The summed E-state index contributed by atoms with van der Waals surface area (Å²) in [5, 5.41) is 5.28. The third kappa shape index (κ3) is 1.54. The van der Waals surface area contributed by atoms with E-state index >= 15 is 0 Å². The molecule has 0 spiro atoms. The fourth-order valence-corrected chi connectivity index (χ4v) is 3.20. The molecule has 0 unspecified atom stereocenters. The van der Waals surface area contributed by atoms with E-state index in [0.717, 1.165) is 18.3 Å². The summed E-state index contributed by atoms with van der Waals surface area (Å²) in [6, 6.07) is 14.9. The molecule has 0 amide bonds. The first-order valence-electron chi connectivity index (χ1n) is 6.74. The third-order valence-corrected chi connectivity index (χ3v) is 4.05. The second-order valence-electron chi connectivity index (χ2n) is 5.18. The van der Waals surface area contributed by atoms with Crippen molar-refractivity contribution in [3.63, 3.8) is 0 Å². The average molecular weight is 240 g/mol. The van der Waals surface area contributed by atoms with Crippen LogP contribution in [0.15, 0.2) is 48.5 Å². The highest BCUT2D eigenvalue weighted by Gasteiger charge is 2.13. The minimum absolute atomic E-state index is 0.831. The summed E-state index contributed by atoms with van der Waals surface area (Å²) in [4.78, 5) is 0. The zero-order valence-corrected chi connectivity index (χ0v) is 10.7. The molecule has 0 nitrogen and oxygen atoms in total. The molecule has 3 aromatic carbocycles. The smallest absolute Gasteiger partial charge is 0.0960 e. The van der Waals surface area contributed by atoms with Crippen LogP contribution in [-0.4, -0.2) is 7.85 Å². The number of aryl methyl sites for hydroxylation is 1. The summed E-state index contributed by atoms with van der Waals surface area (Å²) in [6.45, 7) is 0. The summed E-state index contributed by atoms with van der Waals surface area (Å²) < 4.78 is 0. The first kappa shape index (κ1) is 10.9. The van der Waals surface area contributed by atoms with Crippen molar-refractivity contribution in [2.24, 2.45) is 0 Å². The fourth-order valence-electron chi connectivity index (χ4n) is 3.20. The van der Waals surface area contributed by atoms with Gasteiger partial charge in [0.05, 0.1) is 0 Å². The fraction of sp³-hybridized carbons (Fsp3) is 0.111. The van der Waals surface area contributed by atoms with Gasteiger partial charge in [0, 0.05) is 0 Å². The van der Waals surface area contributed by atoms with Crippen LogP contribution in [0.2, 0.25) is 0 Å². The van der Waals surface area contributed by atoms with E-state index in [1.807, 2.05) is 6.07 Å². The number of allylic oxidation sites excluding steroid dienone is 1. The number of hydrogen-bond donors (Lipinski definition) is 0. The maximum Gasteiger partial charge on any atom is 0.113 e. The maximum atomic E-state index is 5.97. The number of hydrogen-bond acceptors (Lipinski definition) is 0. The third-order valence-electron chi connectivity index (χ3n) is 4.05. The van der Waals surface area contributed by atoms with Crippen molar-refractivity contribution >= 4 is 40.9 Å². The van der Waals surface area contributed by atoms with Crippen molar-refractivity contribution in [2.75, 3.05) is 0 Å². The molecule has 1 aliphatic carbocycles. The first-order valence-corrected chi connectivity index (χ1v) is 6.74. The lowest BCUT2D eigenvalue weighted by Crippen LogP contribution is -2.03. The zero-order valence-electron chi connectivity index (χ0n) is 10.7. The Morgan fingerprint density at radius 2 is 1.68 bits per heavy atom. The Morgan fingerprint density at radius 3 is 2.58 bits per heavy atom. The normalized spacial score (nSPS) is 13.9. The van der Waals surface area contributed by atoms with Crippen LogP contribution in [0.25, 0.3) is 27.6 Å². The molecule has 0 fully saturated rings. The molecule has 4 rings (SSSR count). The predicted molar refractivity (Wildman–Crippen MR) is 84.2 cm³/mol. The van der Waals surface area contributed by atoms with Crippen molar-refractivity contribution in [1.82, 2.24) is 0 Å². The Bertz CT molecular complexity index is 828. The van der Waals surface area contributed by atoms with Gasteiger partial charge in [-0.3, -0.25) is 0 Å². The monoisotopic (exact) mass is 240 g/mol. The largest absolute Gasteiger partial charge is 0.113 e. The van der Waals surface area contributed by atoms with E-state index in [2.05, 4.69) is 48.6 Å². The molecule has 0 atom stereocenters. The van der Waals surface area contributed by atoms with Gasteiger partial charge < -0.3 is 0 Å². The molecule has 0 saturated carbocycles. The van der Waals surface area contributed by atoms with Crippen molar-refractivity contribution in [2.45, 2.75) is 12.8 Å². The predicted octanol–water partition coefficient (Wildman–Crippen LogP) is 3.75. The molecule has 88 valence electrons. The molecule has 19 heavy (non-hydrogen) atoms. The molecule has 0 aliphatic heterocycles. The van der Waals surface area contributed by atoms with Gasteiger partial charge in [-0.2, -0.15) is 0 Å². The van der Waals surface area contributed by atoms with Crippen molar-refractivity contribution in [1.29, 1.82) is 0 Å². The lowest BCUT2D eigenvalue weighted by atomic mass is 9.84. The highest BCUT2D eigenvalue weighted by atomic mass is 14.2. The van der Waals surface area contributed by atoms with Gasteiger partial charge in [-0.05, 0) is 45.5 Å². The van der Waals surface area contributed by atoms with Gasteiger partial charge in [-0.15, -0.1) is 0 Å². The van der Waals surface area contributed by atoms with Crippen LogP contribution in [0, 0.1) is 0 Å². The van der Waals surface area contributed by atoms with Crippen LogP contribution in [0.4, 0.5) is 0 Å². The molecule has 2 radical (unpaired) electrons. The molecule has 1 heteroatoms. The summed E-state index contributed by atoms with van der Waals surface area (Å²) in [6.07, 6.45) is 6.81. The second-order valence-corrected chi connectivity index (χ2v) is 5.18. The molecule has 3 aromatic rings. The number of rotatable bonds is 0. The summed E-state index contributed by atoms with van der Waals surface area (Å²) in [5.41, 5.74) is 3.69. The topological polar surface area (TPSA) is 0 Å². The molecule has 0 N–H and O–H groups in total. The van der Waals surface area contributed by atoms with E-state index in [-0.39, 0.29) is 0 Å². The first-order chi connectivity index (χ1) is 9.34. The Kier molecular flexibility index (Phi) is 2.28. The van der Waals surface area contributed by atoms with Crippen molar-refractivity contribution in [3.8, 4) is 0 Å². The average Bonchev–Trinajstić information content (AvgIpc) is 2.47. The van der Waals surface area contributed by atoms with Gasteiger partial charge >= 0.3 is 0 Å². The van der Waals surface area contributed by atoms with Crippen molar-refractivity contribution in [3.05, 3.63) is 59.7 Å². The van der Waals surface area contributed by atoms with Gasteiger partial charge in [-0.25, -0.2) is 0 Å². The number of fused-ring (bicyclic) bond motifs is 6. The Hall–Kier alpha value is -2.02. The Balaban J connectivity index is 2.31. The van der Waals surface area contributed by atoms with E-state index in [4.69, 9.17) is 7.85 Å². The van der Waals surface area contributed by atoms with Crippen molar-refractivity contribution < 1.29 is 0 Å². The van der Waals surface area contributed by atoms with E-state index in [0.29, 0.717) is 0 Å². The SMILES string of the molecule is [B]c1ccc2c3c(c4ccccc4c2c1)CCC=C3. The van der Waals surface area contributed by atoms with E-state index in [1.54, 1.807) is 0 Å². The van der Waals surface area contributed by atoms with Gasteiger partial charge in [0.15, 0.2) is 0 Å². The second kappa shape index (κ2) is 3.99. The lowest BCUT2D eigenvalue weighted by molar-refractivity contribution is 1.00. The molecular formula is C18H13B. The minimum Gasteiger partial charge on any atom is -0.0960 e. The minimum atomic E-state index is 0.831. The van der Waals surface area contributed by atoms with Crippen LogP contribution >= 0.6 is 0 Å². The Morgan fingerprint density at radius 1 is 0.842 bits per heavy atom. The number of benzene rings is 3. The van der Waals surface area contributed by atoms with Crippen LogP contribution in [0.3, 0.4) is 0 Å². The maximum absolute atomic E-state index is 5.97. The summed E-state index contributed by atoms with van der Waals surface area (Å²) in [7, 11) is 5.97. The van der Waals surface area contributed by atoms with Crippen LogP contribution in [-0.2, 0) is 6.42 Å². The van der Waals surface area contributed by atoms with Gasteiger partial charge in [0.1, 0.15) is 7.85 Å². The Labute approximate surface area is 114 Å². The van der Waals surface area contributed by atoms with E-state index in [1.165, 1.54) is 32.7 Å². The molecule has 0 saturated heterocycles.